The lowest BCUT2D eigenvalue weighted by atomic mass is 9.71. The second-order valence-electron chi connectivity index (χ2n) is 10.9. The molecule has 186 valence electrons. The zero-order valence-corrected chi connectivity index (χ0v) is 22.0. The maximum atomic E-state index is 12.5. The van der Waals surface area contributed by atoms with E-state index in [0.717, 1.165) is 51.9 Å². The number of thiophene rings is 1. The Morgan fingerprint density at radius 1 is 1.30 bits per heavy atom. The molecule has 3 aliphatic heterocycles. The first-order valence-electron chi connectivity index (χ1n) is 12.6. The topological polar surface area (TPSA) is 77.9 Å². The Kier molecular flexibility index (Phi) is 7.59. The maximum Gasteiger partial charge on any atom is 0.222 e. The average Bonchev–Trinajstić information content (AvgIpc) is 3.29. The Morgan fingerprint density at radius 3 is 2.67 bits per heavy atom. The van der Waals surface area contributed by atoms with Crippen LogP contribution in [0, 0.1) is 11.8 Å². The summed E-state index contributed by atoms with van der Waals surface area (Å²) in [5.74, 6) is 1.09. The predicted molar refractivity (Wildman–Crippen MR) is 134 cm³/mol. The van der Waals surface area contributed by atoms with Crippen molar-refractivity contribution in [1.29, 1.82) is 0 Å². The standard InChI is InChI=1S/C25H40N2O4S2/c1-4-21-12-22(23(32-21)5-9-28)25(3)7-8-26(18(2)13-25)14-20-15-27(16-20)24(29)11-19-6-10-33(30,31)17-19/h12,18-20,28H,4-11,13-17H2,1-3H3/t18-,19?,25-/m0/s1. The molecule has 0 aromatic carbocycles. The molecular weight excluding hydrogens is 456 g/mol. The molecule has 1 aromatic heterocycles. The maximum absolute atomic E-state index is 12.5. The van der Waals surface area contributed by atoms with Gasteiger partial charge in [0.05, 0.1) is 11.5 Å². The SMILES string of the molecule is CCc1cc([C@@]2(C)CCN(CC3CN(C(=O)CC4CCS(=O)(=O)C4)C3)[C@@H](C)C2)c(CCO)s1. The van der Waals surface area contributed by atoms with Gasteiger partial charge in [-0.15, -0.1) is 11.3 Å². The number of carbonyl (C=O) groups is 1. The van der Waals surface area contributed by atoms with E-state index in [1.165, 1.54) is 15.3 Å². The summed E-state index contributed by atoms with van der Waals surface area (Å²) in [7, 11) is -2.92. The molecule has 1 amide bonds. The highest BCUT2D eigenvalue weighted by molar-refractivity contribution is 7.91. The molecule has 6 nitrogen and oxygen atoms in total. The van der Waals surface area contributed by atoms with E-state index >= 15 is 0 Å². The lowest BCUT2D eigenvalue weighted by molar-refractivity contribution is -0.139. The molecule has 0 bridgehead atoms. The summed E-state index contributed by atoms with van der Waals surface area (Å²) in [6.07, 6.45) is 5.08. The molecule has 8 heteroatoms. The largest absolute Gasteiger partial charge is 0.396 e. The van der Waals surface area contributed by atoms with Crippen LogP contribution in [0.3, 0.4) is 0 Å². The first kappa shape index (κ1) is 25.1. The number of piperidine rings is 1. The Labute approximate surface area is 203 Å². The van der Waals surface area contributed by atoms with Crippen molar-refractivity contribution >= 4 is 27.1 Å². The van der Waals surface area contributed by atoms with Crippen molar-refractivity contribution in [2.75, 3.05) is 44.3 Å². The van der Waals surface area contributed by atoms with Crippen molar-refractivity contribution in [3.05, 3.63) is 21.4 Å². The van der Waals surface area contributed by atoms with E-state index in [0.29, 0.717) is 24.8 Å². The van der Waals surface area contributed by atoms with E-state index in [1.807, 2.05) is 16.2 Å². The van der Waals surface area contributed by atoms with Gasteiger partial charge in [-0.25, -0.2) is 8.42 Å². The van der Waals surface area contributed by atoms with Crippen molar-refractivity contribution in [1.82, 2.24) is 9.80 Å². The van der Waals surface area contributed by atoms with Crippen molar-refractivity contribution in [2.24, 2.45) is 11.8 Å². The first-order valence-corrected chi connectivity index (χ1v) is 15.2. The Hall–Kier alpha value is -0.960. The number of aliphatic hydroxyl groups is 1. The van der Waals surface area contributed by atoms with Crippen molar-refractivity contribution in [2.45, 2.75) is 70.8 Å². The third kappa shape index (κ3) is 5.65. The lowest BCUT2D eigenvalue weighted by Crippen LogP contribution is -2.56. The van der Waals surface area contributed by atoms with Gasteiger partial charge in [0.15, 0.2) is 9.84 Å². The van der Waals surface area contributed by atoms with E-state index in [-0.39, 0.29) is 35.4 Å². The molecule has 3 atom stereocenters. The van der Waals surface area contributed by atoms with E-state index in [1.54, 1.807) is 0 Å². The van der Waals surface area contributed by atoms with Crippen LogP contribution in [0.2, 0.25) is 0 Å². The summed E-state index contributed by atoms with van der Waals surface area (Å²) in [4.78, 5) is 19.8. The molecule has 0 spiro atoms. The zero-order chi connectivity index (χ0) is 23.8. The highest BCUT2D eigenvalue weighted by Gasteiger charge is 2.40. The fourth-order valence-electron chi connectivity index (χ4n) is 6.10. The lowest BCUT2D eigenvalue weighted by Gasteiger charge is -2.48. The number of sulfone groups is 1. The van der Waals surface area contributed by atoms with Crippen LogP contribution in [0.15, 0.2) is 6.07 Å². The van der Waals surface area contributed by atoms with Gasteiger partial charge in [-0.3, -0.25) is 4.79 Å². The molecule has 4 heterocycles. The highest BCUT2D eigenvalue weighted by Crippen LogP contribution is 2.43. The van der Waals surface area contributed by atoms with Crippen LogP contribution in [0.1, 0.15) is 61.8 Å². The first-order chi connectivity index (χ1) is 15.6. The number of hydrogen-bond acceptors (Lipinski definition) is 6. The number of aryl methyl sites for hydroxylation is 1. The third-order valence-corrected chi connectivity index (χ3v) is 11.3. The predicted octanol–water partition coefficient (Wildman–Crippen LogP) is 2.87. The molecule has 3 fully saturated rings. The number of likely N-dealkylation sites (tertiary alicyclic amines) is 2. The number of amides is 1. The molecule has 3 saturated heterocycles. The minimum Gasteiger partial charge on any atom is -0.396 e. The monoisotopic (exact) mass is 496 g/mol. The van der Waals surface area contributed by atoms with Crippen LogP contribution in [-0.2, 0) is 32.9 Å². The number of rotatable bonds is 8. The number of hydrogen-bond donors (Lipinski definition) is 1. The molecule has 1 unspecified atom stereocenters. The Bertz CT molecular complexity index is 954. The summed E-state index contributed by atoms with van der Waals surface area (Å²) in [5.41, 5.74) is 1.62. The molecule has 0 saturated carbocycles. The fraction of sp³-hybridized carbons (Fsp3) is 0.800. The van der Waals surface area contributed by atoms with E-state index in [4.69, 9.17) is 0 Å². The van der Waals surface area contributed by atoms with Gasteiger partial charge in [-0.1, -0.05) is 13.8 Å². The van der Waals surface area contributed by atoms with Crippen LogP contribution in [-0.4, -0.2) is 79.6 Å². The van der Waals surface area contributed by atoms with E-state index in [9.17, 15) is 18.3 Å². The molecule has 1 aromatic rings. The minimum atomic E-state index is -2.92. The van der Waals surface area contributed by atoms with Gasteiger partial charge in [0.2, 0.25) is 5.91 Å². The third-order valence-electron chi connectivity index (χ3n) is 8.11. The van der Waals surface area contributed by atoms with E-state index in [2.05, 4.69) is 31.7 Å². The van der Waals surface area contributed by atoms with Gasteiger partial charge in [0.25, 0.3) is 0 Å². The number of carbonyl (C=O) groups excluding carboxylic acids is 1. The van der Waals surface area contributed by atoms with Crippen LogP contribution in [0.4, 0.5) is 0 Å². The summed E-state index contributed by atoms with van der Waals surface area (Å²) in [5, 5.41) is 9.54. The van der Waals surface area contributed by atoms with Crippen LogP contribution in [0.25, 0.3) is 0 Å². The van der Waals surface area contributed by atoms with Gasteiger partial charge < -0.3 is 14.9 Å². The molecule has 1 N–H and O–H groups in total. The van der Waals surface area contributed by atoms with Gasteiger partial charge in [0.1, 0.15) is 0 Å². The van der Waals surface area contributed by atoms with Crippen LogP contribution in [0.5, 0.6) is 0 Å². The second kappa shape index (κ2) is 9.96. The summed E-state index contributed by atoms with van der Waals surface area (Å²) in [6.45, 7) is 10.9. The number of nitrogens with zero attached hydrogens (tertiary/aromatic N) is 2. The van der Waals surface area contributed by atoms with Crippen LogP contribution < -0.4 is 0 Å². The summed E-state index contributed by atoms with van der Waals surface area (Å²) >= 11 is 1.87. The number of aliphatic hydroxyl groups excluding tert-OH is 1. The second-order valence-corrected chi connectivity index (χ2v) is 14.3. The molecule has 4 rings (SSSR count). The van der Waals surface area contributed by atoms with E-state index < -0.39 is 9.84 Å². The van der Waals surface area contributed by atoms with Gasteiger partial charge in [-0.2, -0.15) is 0 Å². The minimum absolute atomic E-state index is 0.0161. The normalized spacial score (nSPS) is 30.5. The molecular formula is C25H40N2O4S2. The van der Waals surface area contributed by atoms with Crippen LogP contribution >= 0.6 is 11.3 Å². The molecule has 3 aliphatic rings. The van der Waals surface area contributed by atoms with Crippen molar-refractivity contribution < 1.29 is 18.3 Å². The zero-order valence-electron chi connectivity index (χ0n) is 20.4. The van der Waals surface area contributed by atoms with Crippen molar-refractivity contribution in [3.8, 4) is 0 Å². The van der Waals surface area contributed by atoms with Gasteiger partial charge >= 0.3 is 0 Å². The summed E-state index contributed by atoms with van der Waals surface area (Å²) < 4.78 is 23.3. The average molecular weight is 497 g/mol. The smallest absolute Gasteiger partial charge is 0.222 e. The molecule has 0 radical (unpaired) electrons. The molecule has 33 heavy (non-hydrogen) atoms. The van der Waals surface area contributed by atoms with Gasteiger partial charge in [0, 0.05) is 60.8 Å². The molecule has 0 aliphatic carbocycles. The fourth-order valence-corrected chi connectivity index (χ4v) is 9.20. The Balaban J connectivity index is 1.27. The Morgan fingerprint density at radius 2 is 2.06 bits per heavy atom. The highest BCUT2D eigenvalue weighted by atomic mass is 32.2. The quantitative estimate of drug-likeness (QED) is 0.599. The van der Waals surface area contributed by atoms with Crippen molar-refractivity contribution in [3.63, 3.8) is 0 Å². The van der Waals surface area contributed by atoms with Gasteiger partial charge in [-0.05, 0) is 62.1 Å². The summed E-state index contributed by atoms with van der Waals surface area (Å²) in [6, 6.07) is 2.88.